The molecule has 2 rings (SSSR count). The summed E-state index contributed by atoms with van der Waals surface area (Å²) in [6, 6.07) is 9.65. The molecule has 4 nitrogen and oxygen atoms in total. The minimum Gasteiger partial charge on any atom is -0.493 e. The smallest absolute Gasteiger partial charge is 0.387 e. The summed E-state index contributed by atoms with van der Waals surface area (Å²) in [5, 5.41) is 0. The van der Waals surface area contributed by atoms with Crippen molar-refractivity contribution in [2.75, 3.05) is 13.7 Å². The van der Waals surface area contributed by atoms with Gasteiger partial charge in [-0.1, -0.05) is 32.9 Å². The van der Waals surface area contributed by atoms with E-state index in [1.807, 2.05) is 20.8 Å². The van der Waals surface area contributed by atoms with Crippen molar-refractivity contribution in [2.24, 2.45) is 0 Å². The van der Waals surface area contributed by atoms with Crippen LogP contribution in [0.15, 0.2) is 36.4 Å². The molecule has 0 spiro atoms. The van der Waals surface area contributed by atoms with Crippen LogP contribution in [-0.2, 0) is 0 Å². The zero-order valence-corrected chi connectivity index (χ0v) is 17.3. The molecule has 0 fully saturated rings. The van der Waals surface area contributed by atoms with E-state index >= 15 is 0 Å². The fourth-order valence-electron chi connectivity index (χ4n) is 2.89. The molecule has 2 aromatic carbocycles. The summed E-state index contributed by atoms with van der Waals surface area (Å²) in [6.45, 7) is 0.277. The van der Waals surface area contributed by atoms with Crippen molar-refractivity contribution in [3.05, 3.63) is 47.5 Å². The lowest BCUT2D eigenvalue weighted by Gasteiger charge is -2.18. The maximum atomic E-state index is 12.7. The van der Waals surface area contributed by atoms with Gasteiger partial charge in [-0.15, -0.1) is 0 Å². The topological polar surface area (TPSA) is 36.9 Å². The minimum atomic E-state index is -2.95. The molecule has 0 saturated carbocycles. The van der Waals surface area contributed by atoms with E-state index in [0.717, 1.165) is 11.1 Å². The molecule has 2 aromatic rings. The van der Waals surface area contributed by atoms with Gasteiger partial charge in [0.15, 0.2) is 23.0 Å². The fourth-order valence-corrected chi connectivity index (χ4v) is 2.89. The van der Waals surface area contributed by atoms with Crippen molar-refractivity contribution >= 4 is 0 Å². The standard InChI is InChI=1S/C22H26F4O4/c1-13(2)15-5-7-18(30-22(25)26)20(11-15)28-10-9-14(3)16-6-8-17(29-21(23)24)19(12-16)27-4/h5-8,11-14,21-22H,9-10H2,1-4H3. The van der Waals surface area contributed by atoms with E-state index in [4.69, 9.17) is 9.47 Å². The summed E-state index contributed by atoms with van der Waals surface area (Å²) in [6.07, 6.45) is 0.554. The highest BCUT2D eigenvalue weighted by Crippen LogP contribution is 2.35. The Morgan fingerprint density at radius 3 is 1.80 bits per heavy atom. The third-order valence-corrected chi connectivity index (χ3v) is 4.63. The predicted molar refractivity (Wildman–Crippen MR) is 105 cm³/mol. The normalized spacial score (nSPS) is 12.4. The Morgan fingerprint density at radius 1 is 0.733 bits per heavy atom. The molecule has 0 radical (unpaired) electrons. The lowest BCUT2D eigenvalue weighted by Crippen LogP contribution is -2.08. The van der Waals surface area contributed by atoms with Gasteiger partial charge in [-0.3, -0.25) is 0 Å². The molecule has 0 heterocycles. The number of hydrogen-bond donors (Lipinski definition) is 0. The Balaban J connectivity index is 2.06. The first-order valence-corrected chi connectivity index (χ1v) is 9.55. The third-order valence-electron chi connectivity index (χ3n) is 4.63. The molecule has 0 bridgehead atoms. The monoisotopic (exact) mass is 430 g/mol. The van der Waals surface area contributed by atoms with Crippen molar-refractivity contribution in [3.8, 4) is 23.0 Å². The zero-order chi connectivity index (χ0) is 22.3. The Morgan fingerprint density at radius 2 is 1.27 bits per heavy atom. The highest BCUT2D eigenvalue weighted by Gasteiger charge is 2.16. The number of hydrogen-bond acceptors (Lipinski definition) is 4. The van der Waals surface area contributed by atoms with E-state index in [1.54, 1.807) is 24.3 Å². The van der Waals surface area contributed by atoms with E-state index < -0.39 is 13.2 Å². The second kappa shape index (κ2) is 10.9. The summed E-state index contributed by atoms with van der Waals surface area (Å²) in [5.41, 5.74) is 1.79. The van der Waals surface area contributed by atoms with Crippen LogP contribution in [0.1, 0.15) is 50.2 Å². The largest absolute Gasteiger partial charge is 0.493 e. The van der Waals surface area contributed by atoms with Crippen molar-refractivity contribution < 1.29 is 36.5 Å². The molecule has 0 N–H and O–H groups in total. The maximum Gasteiger partial charge on any atom is 0.387 e. The molecule has 0 aromatic heterocycles. The fraction of sp³-hybridized carbons (Fsp3) is 0.455. The minimum absolute atomic E-state index is 0.00718. The molecule has 30 heavy (non-hydrogen) atoms. The van der Waals surface area contributed by atoms with E-state index in [9.17, 15) is 17.6 Å². The summed E-state index contributed by atoms with van der Waals surface area (Å²) in [5.74, 6) is 0.599. The van der Waals surface area contributed by atoms with Gasteiger partial charge in [-0.2, -0.15) is 17.6 Å². The molecule has 0 aliphatic carbocycles. The molecule has 0 saturated heterocycles. The molecule has 0 amide bonds. The molecule has 1 unspecified atom stereocenters. The van der Waals surface area contributed by atoms with E-state index in [2.05, 4.69) is 9.47 Å². The molecule has 166 valence electrons. The molecule has 8 heteroatoms. The lowest BCUT2D eigenvalue weighted by molar-refractivity contribution is -0.0520. The molecule has 1 atom stereocenters. The highest BCUT2D eigenvalue weighted by molar-refractivity contribution is 5.45. The average molecular weight is 430 g/mol. The van der Waals surface area contributed by atoms with Gasteiger partial charge in [0.25, 0.3) is 0 Å². The van der Waals surface area contributed by atoms with Crippen LogP contribution in [0.3, 0.4) is 0 Å². The maximum absolute atomic E-state index is 12.7. The predicted octanol–water partition coefficient (Wildman–Crippen LogP) is 6.59. The lowest BCUT2D eigenvalue weighted by atomic mass is 9.98. The Bertz CT molecular complexity index is 812. The molecular formula is C22H26F4O4. The highest BCUT2D eigenvalue weighted by atomic mass is 19.3. The number of methoxy groups -OCH3 is 1. The van der Waals surface area contributed by atoms with Gasteiger partial charge < -0.3 is 18.9 Å². The van der Waals surface area contributed by atoms with Crippen LogP contribution in [0, 0.1) is 0 Å². The number of ether oxygens (including phenoxy) is 4. The quantitative estimate of drug-likeness (QED) is 0.377. The van der Waals surface area contributed by atoms with Crippen LogP contribution in [0.25, 0.3) is 0 Å². The van der Waals surface area contributed by atoms with Crippen molar-refractivity contribution in [1.82, 2.24) is 0 Å². The first-order valence-electron chi connectivity index (χ1n) is 9.55. The SMILES string of the molecule is COc1cc(C(C)CCOc2cc(C(C)C)ccc2OC(F)F)ccc1OC(F)F. The summed E-state index contributed by atoms with van der Waals surface area (Å²) in [4.78, 5) is 0. The van der Waals surface area contributed by atoms with Gasteiger partial charge in [-0.25, -0.2) is 0 Å². The second-order valence-corrected chi connectivity index (χ2v) is 7.07. The zero-order valence-electron chi connectivity index (χ0n) is 17.3. The number of rotatable bonds is 11. The van der Waals surface area contributed by atoms with E-state index in [-0.39, 0.29) is 41.4 Å². The first-order chi connectivity index (χ1) is 14.2. The van der Waals surface area contributed by atoms with Crippen LogP contribution in [-0.4, -0.2) is 26.9 Å². The van der Waals surface area contributed by atoms with E-state index in [1.165, 1.54) is 19.2 Å². The van der Waals surface area contributed by atoms with Gasteiger partial charge in [-0.05, 0) is 53.6 Å². The number of benzene rings is 2. The third kappa shape index (κ3) is 6.71. The molecular weight excluding hydrogens is 404 g/mol. The van der Waals surface area contributed by atoms with Crippen molar-refractivity contribution in [3.63, 3.8) is 0 Å². The van der Waals surface area contributed by atoms with Crippen molar-refractivity contribution in [1.29, 1.82) is 0 Å². The summed E-state index contributed by atoms with van der Waals surface area (Å²) in [7, 11) is 1.37. The Hall–Kier alpha value is -2.64. The summed E-state index contributed by atoms with van der Waals surface area (Å²) < 4.78 is 70.1. The molecule has 0 aliphatic heterocycles. The molecule has 0 aliphatic rings. The van der Waals surface area contributed by atoms with Crippen LogP contribution in [0.2, 0.25) is 0 Å². The summed E-state index contributed by atoms with van der Waals surface area (Å²) >= 11 is 0. The second-order valence-electron chi connectivity index (χ2n) is 7.07. The van der Waals surface area contributed by atoms with Crippen LogP contribution < -0.4 is 18.9 Å². The number of alkyl halides is 4. The van der Waals surface area contributed by atoms with Crippen LogP contribution in [0.5, 0.6) is 23.0 Å². The van der Waals surface area contributed by atoms with Gasteiger partial charge in [0.05, 0.1) is 13.7 Å². The van der Waals surface area contributed by atoms with Crippen molar-refractivity contribution in [2.45, 2.75) is 52.3 Å². The average Bonchev–Trinajstić information content (AvgIpc) is 2.68. The Kier molecular flexibility index (Phi) is 8.62. The van der Waals surface area contributed by atoms with Gasteiger partial charge >= 0.3 is 13.2 Å². The van der Waals surface area contributed by atoms with Crippen LogP contribution >= 0.6 is 0 Å². The van der Waals surface area contributed by atoms with Gasteiger partial charge in [0.2, 0.25) is 0 Å². The Labute approximate surface area is 173 Å². The van der Waals surface area contributed by atoms with Crippen LogP contribution in [0.4, 0.5) is 17.6 Å². The van der Waals surface area contributed by atoms with E-state index in [0.29, 0.717) is 6.42 Å². The first kappa shape index (κ1) is 23.6. The van der Waals surface area contributed by atoms with Gasteiger partial charge in [0, 0.05) is 0 Å². The number of halogens is 4. The van der Waals surface area contributed by atoms with Gasteiger partial charge in [0.1, 0.15) is 0 Å².